The quantitative estimate of drug-likeness (QED) is 0.698. The summed E-state index contributed by atoms with van der Waals surface area (Å²) in [6.07, 6.45) is 3.86. The van der Waals surface area contributed by atoms with Crippen molar-refractivity contribution in [1.82, 2.24) is 9.80 Å². The summed E-state index contributed by atoms with van der Waals surface area (Å²) >= 11 is 0. The number of carbonyl (C=O) groups is 1. The fraction of sp³-hybridized carbons (Fsp3) is 0.696. The molecule has 6 heteroatoms. The third-order valence-corrected chi connectivity index (χ3v) is 7.30. The van der Waals surface area contributed by atoms with Crippen LogP contribution in [0.25, 0.3) is 0 Å². The summed E-state index contributed by atoms with van der Waals surface area (Å²) < 4.78 is 38.4. The molecule has 1 saturated carbocycles. The lowest BCUT2D eigenvalue weighted by atomic mass is 9.87. The van der Waals surface area contributed by atoms with Gasteiger partial charge < -0.3 is 4.90 Å². The van der Waals surface area contributed by atoms with Crippen LogP contribution in [0.1, 0.15) is 68.9 Å². The highest BCUT2D eigenvalue weighted by molar-refractivity contribution is 5.83. The lowest BCUT2D eigenvalue weighted by Gasteiger charge is -2.33. The highest BCUT2D eigenvalue weighted by atomic mass is 19.4. The number of alkyl halides is 3. The molecule has 1 amide bonds. The lowest BCUT2D eigenvalue weighted by molar-refractivity contribution is -0.139. The van der Waals surface area contributed by atoms with Crippen molar-refractivity contribution < 1.29 is 18.0 Å². The van der Waals surface area contributed by atoms with E-state index in [-0.39, 0.29) is 17.2 Å². The smallest absolute Gasteiger partial charge is 0.342 e. The number of benzene rings is 1. The second-order valence-electron chi connectivity index (χ2n) is 9.43. The van der Waals surface area contributed by atoms with Gasteiger partial charge in [-0.05, 0) is 56.8 Å². The molecule has 2 saturated heterocycles. The summed E-state index contributed by atoms with van der Waals surface area (Å²) in [5, 5.41) is 0. The van der Waals surface area contributed by atoms with E-state index in [2.05, 4.69) is 11.8 Å². The summed E-state index contributed by atoms with van der Waals surface area (Å²) in [4.78, 5) is 17.8. The Labute approximate surface area is 171 Å². The Morgan fingerprint density at radius 1 is 1.03 bits per heavy atom. The average Bonchev–Trinajstić information content (AvgIpc) is 3.36. The maximum absolute atomic E-state index is 13.3. The van der Waals surface area contributed by atoms with Crippen molar-refractivity contribution in [2.24, 2.45) is 5.41 Å². The van der Waals surface area contributed by atoms with Gasteiger partial charge >= 0.3 is 6.18 Å². The Kier molecular flexibility index (Phi) is 5.66. The number of hydrogen-bond acceptors (Lipinski definition) is 2. The highest BCUT2D eigenvalue weighted by Gasteiger charge is 2.45. The van der Waals surface area contributed by atoms with Gasteiger partial charge in [0.05, 0.1) is 11.0 Å². The van der Waals surface area contributed by atoms with E-state index in [4.69, 9.17) is 0 Å². The van der Waals surface area contributed by atoms with E-state index < -0.39 is 11.7 Å². The molecular weight excluding hydrogens is 377 g/mol. The van der Waals surface area contributed by atoms with Gasteiger partial charge in [-0.25, -0.2) is 0 Å². The Hall–Kier alpha value is -1.56. The molecule has 29 heavy (non-hydrogen) atoms. The topological polar surface area (TPSA) is 23.6 Å². The van der Waals surface area contributed by atoms with Crippen LogP contribution in [-0.2, 0) is 11.0 Å². The molecule has 1 aromatic rings. The minimum absolute atomic E-state index is 0.126. The molecule has 2 heterocycles. The Morgan fingerprint density at radius 3 is 2.38 bits per heavy atom. The van der Waals surface area contributed by atoms with Crippen molar-refractivity contribution in [2.45, 2.75) is 70.0 Å². The van der Waals surface area contributed by atoms with Crippen LogP contribution in [-0.4, -0.2) is 47.9 Å². The van der Waals surface area contributed by atoms with E-state index in [0.717, 1.165) is 43.6 Å². The summed E-state index contributed by atoms with van der Waals surface area (Å²) in [7, 11) is 0. The van der Waals surface area contributed by atoms with Crippen LogP contribution >= 0.6 is 0 Å². The average molecular weight is 409 g/mol. The lowest BCUT2D eigenvalue weighted by Crippen LogP contribution is -2.44. The highest BCUT2D eigenvalue weighted by Crippen LogP contribution is 2.39. The Balaban J connectivity index is 1.36. The number of nitrogens with zero attached hydrogens (tertiary/aromatic N) is 2. The molecule has 3 fully saturated rings. The van der Waals surface area contributed by atoms with E-state index in [1.165, 1.54) is 32.1 Å². The Bertz CT molecular complexity index is 727. The molecule has 2 unspecified atom stereocenters. The van der Waals surface area contributed by atoms with Crippen molar-refractivity contribution in [3.8, 4) is 0 Å². The van der Waals surface area contributed by atoms with Gasteiger partial charge in [0.25, 0.3) is 0 Å². The van der Waals surface area contributed by atoms with Crippen molar-refractivity contribution in [2.75, 3.05) is 26.2 Å². The molecule has 0 aromatic heterocycles. The molecule has 0 radical (unpaired) electrons. The second kappa shape index (κ2) is 7.93. The van der Waals surface area contributed by atoms with Gasteiger partial charge in [-0.3, -0.25) is 9.69 Å². The van der Waals surface area contributed by atoms with Gasteiger partial charge in [0, 0.05) is 31.6 Å². The number of likely N-dealkylation sites (tertiary alicyclic amines) is 2. The zero-order valence-corrected chi connectivity index (χ0v) is 17.2. The van der Waals surface area contributed by atoms with Gasteiger partial charge in [0.15, 0.2) is 0 Å². The molecule has 0 bridgehead atoms. The first-order chi connectivity index (χ1) is 13.8. The minimum Gasteiger partial charge on any atom is -0.342 e. The van der Waals surface area contributed by atoms with Gasteiger partial charge in [0.1, 0.15) is 0 Å². The number of rotatable bonds is 3. The molecule has 2 atom stereocenters. The van der Waals surface area contributed by atoms with E-state index in [0.29, 0.717) is 19.1 Å². The van der Waals surface area contributed by atoms with Crippen molar-refractivity contribution in [1.29, 1.82) is 0 Å². The second-order valence-corrected chi connectivity index (χ2v) is 9.43. The first kappa shape index (κ1) is 20.7. The molecule has 0 spiro atoms. The number of amides is 1. The molecule has 4 rings (SSSR count). The normalized spacial score (nSPS) is 29.5. The molecule has 0 N–H and O–H groups in total. The van der Waals surface area contributed by atoms with Gasteiger partial charge in [-0.1, -0.05) is 31.4 Å². The zero-order chi connectivity index (χ0) is 20.6. The van der Waals surface area contributed by atoms with Crippen molar-refractivity contribution in [3.63, 3.8) is 0 Å². The van der Waals surface area contributed by atoms with Crippen LogP contribution in [0.3, 0.4) is 0 Å². The molecular formula is C23H31F3N2O. The standard InChI is InChI=1S/C23H31F3N2O/c1-22(12-14-28(16-22)20-5-3-2-4-6-20)21(29)27-13-11-18(15-27)17-7-9-19(10-8-17)23(24,25)26/h7-10,18,20H,2-6,11-16H2,1H3. The van der Waals surface area contributed by atoms with Gasteiger partial charge in [0.2, 0.25) is 5.91 Å². The molecule has 1 aliphatic carbocycles. The van der Waals surface area contributed by atoms with Crippen LogP contribution in [0, 0.1) is 5.41 Å². The summed E-state index contributed by atoms with van der Waals surface area (Å²) in [6, 6.07) is 6.09. The fourth-order valence-electron chi connectivity index (χ4n) is 5.47. The number of hydrogen-bond donors (Lipinski definition) is 0. The minimum atomic E-state index is -4.31. The van der Waals surface area contributed by atoms with Crippen LogP contribution in [0.5, 0.6) is 0 Å². The summed E-state index contributed by atoms with van der Waals surface area (Å²) in [6.45, 7) is 5.26. The zero-order valence-electron chi connectivity index (χ0n) is 17.2. The van der Waals surface area contributed by atoms with Crippen LogP contribution < -0.4 is 0 Å². The van der Waals surface area contributed by atoms with E-state index in [1.807, 2.05) is 4.90 Å². The first-order valence-corrected chi connectivity index (χ1v) is 11.0. The largest absolute Gasteiger partial charge is 0.416 e. The van der Waals surface area contributed by atoms with Gasteiger partial charge in [-0.15, -0.1) is 0 Å². The fourth-order valence-corrected chi connectivity index (χ4v) is 5.47. The summed E-state index contributed by atoms with van der Waals surface area (Å²) in [5.41, 5.74) is -0.0471. The van der Waals surface area contributed by atoms with Crippen molar-refractivity contribution in [3.05, 3.63) is 35.4 Å². The molecule has 3 aliphatic rings. The van der Waals surface area contributed by atoms with E-state index in [1.54, 1.807) is 12.1 Å². The number of carbonyl (C=O) groups excluding carboxylic acids is 1. The predicted octanol–water partition coefficient (Wildman–Crippen LogP) is 5.07. The Morgan fingerprint density at radius 2 is 1.72 bits per heavy atom. The van der Waals surface area contributed by atoms with E-state index >= 15 is 0 Å². The SMILES string of the molecule is CC1(C(=O)N2CCC(c3ccc(C(F)(F)F)cc3)C2)CCN(C2CCCCC2)C1. The third-order valence-electron chi connectivity index (χ3n) is 7.30. The monoisotopic (exact) mass is 408 g/mol. The molecule has 160 valence electrons. The summed E-state index contributed by atoms with van der Waals surface area (Å²) in [5.74, 6) is 0.353. The van der Waals surface area contributed by atoms with Crippen molar-refractivity contribution >= 4 is 5.91 Å². The van der Waals surface area contributed by atoms with Crippen LogP contribution in [0.4, 0.5) is 13.2 Å². The maximum Gasteiger partial charge on any atom is 0.416 e. The predicted molar refractivity (Wildman–Crippen MR) is 107 cm³/mol. The van der Waals surface area contributed by atoms with Gasteiger partial charge in [-0.2, -0.15) is 13.2 Å². The molecule has 2 aliphatic heterocycles. The third kappa shape index (κ3) is 4.32. The first-order valence-electron chi connectivity index (χ1n) is 11.0. The van der Waals surface area contributed by atoms with E-state index in [9.17, 15) is 18.0 Å². The molecule has 1 aromatic carbocycles. The van der Waals surface area contributed by atoms with Crippen LogP contribution in [0.15, 0.2) is 24.3 Å². The van der Waals surface area contributed by atoms with Crippen LogP contribution in [0.2, 0.25) is 0 Å². The number of halogens is 3. The maximum atomic E-state index is 13.3. The molecule has 3 nitrogen and oxygen atoms in total.